The second-order valence-corrected chi connectivity index (χ2v) is 2.75. The predicted molar refractivity (Wildman–Crippen MR) is 55.9 cm³/mol. The number of hydrogen-bond donors (Lipinski definition) is 3. The van der Waals surface area contributed by atoms with Crippen molar-refractivity contribution in [2.24, 2.45) is 5.11 Å². The minimum atomic E-state index is -0.214. The minimum Gasteiger partial charge on any atom is -0.493 e. The first-order chi connectivity index (χ1) is 7.13. The van der Waals surface area contributed by atoms with Crippen LogP contribution in [0, 0.1) is 10.9 Å². The van der Waals surface area contributed by atoms with Gasteiger partial charge in [0.05, 0.1) is 14.2 Å². The van der Waals surface area contributed by atoms with E-state index in [1.807, 2.05) is 0 Å². The fraction of sp³-hybridized carbons (Fsp3) is 0.222. The van der Waals surface area contributed by atoms with Gasteiger partial charge in [0, 0.05) is 17.3 Å². The molecule has 0 unspecified atom stereocenters. The molecule has 0 aromatic heterocycles. The Bertz CT molecular complexity index is 403. The van der Waals surface area contributed by atoms with Gasteiger partial charge in [-0.25, -0.2) is 5.53 Å². The lowest BCUT2D eigenvalue weighted by molar-refractivity contribution is 0.355. The van der Waals surface area contributed by atoms with Crippen LogP contribution in [0.3, 0.4) is 0 Å². The summed E-state index contributed by atoms with van der Waals surface area (Å²) in [5, 5.41) is 10.4. The van der Waals surface area contributed by atoms with E-state index >= 15 is 0 Å². The Hall–Kier alpha value is -2.11. The van der Waals surface area contributed by atoms with Crippen molar-refractivity contribution in [3.05, 3.63) is 17.7 Å². The van der Waals surface area contributed by atoms with Crippen LogP contribution in [0.2, 0.25) is 0 Å². The Morgan fingerprint density at radius 1 is 1.27 bits per heavy atom. The standard InChI is InChI=1S/C9H12N4O2/c1-14-7-3-5(9(11)13-12)6(10)4-8(7)15-2/h3-4,11-12H,10H2,1-2H3. The highest BCUT2D eigenvalue weighted by Gasteiger charge is 2.12. The molecule has 15 heavy (non-hydrogen) atoms. The maximum Gasteiger partial charge on any atom is 0.175 e. The highest BCUT2D eigenvalue weighted by molar-refractivity contribution is 6.01. The molecule has 0 fully saturated rings. The number of nitrogens with zero attached hydrogens (tertiary/aromatic N) is 1. The van der Waals surface area contributed by atoms with Crippen molar-refractivity contribution in [3.8, 4) is 11.5 Å². The van der Waals surface area contributed by atoms with Gasteiger partial charge < -0.3 is 15.2 Å². The molecule has 6 heteroatoms. The maximum absolute atomic E-state index is 7.39. The average molecular weight is 208 g/mol. The molecule has 0 aliphatic rings. The maximum atomic E-state index is 7.39. The number of rotatable bonds is 3. The average Bonchev–Trinajstić information content (AvgIpc) is 2.27. The van der Waals surface area contributed by atoms with E-state index in [0.717, 1.165) is 0 Å². The van der Waals surface area contributed by atoms with Crippen LogP contribution < -0.4 is 15.2 Å². The second kappa shape index (κ2) is 4.41. The quantitative estimate of drug-likeness (QED) is 0.304. The zero-order valence-corrected chi connectivity index (χ0v) is 8.50. The number of ether oxygens (including phenoxy) is 2. The van der Waals surface area contributed by atoms with E-state index in [1.165, 1.54) is 26.4 Å². The third-order valence-corrected chi connectivity index (χ3v) is 1.92. The van der Waals surface area contributed by atoms with Gasteiger partial charge in [-0.3, -0.25) is 5.41 Å². The molecule has 0 heterocycles. The van der Waals surface area contributed by atoms with Gasteiger partial charge in [0.2, 0.25) is 0 Å². The SMILES string of the molecule is COc1cc(N)c(C(=N)N=N)cc1OC. The first-order valence-corrected chi connectivity index (χ1v) is 4.12. The Labute approximate surface area is 87.0 Å². The van der Waals surface area contributed by atoms with Gasteiger partial charge in [-0.15, -0.1) is 5.11 Å². The molecule has 6 nitrogen and oxygen atoms in total. The second-order valence-electron chi connectivity index (χ2n) is 2.75. The predicted octanol–water partition coefficient (Wildman–Crippen LogP) is 1.64. The molecule has 1 aromatic carbocycles. The Balaban J connectivity index is 3.31. The van der Waals surface area contributed by atoms with E-state index in [9.17, 15) is 0 Å². The third kappa shape index (κ3) is 2.04. The molecule has 0 radical (unpaired) electrons. The van der Waals surface area contributed by atoms with Crippen LogP contribution in [-0.2, 0) is 0 Å². The number of nitrogen functional groups attached to an aromatic ring is 1. The molecular formula is C9H12N4O2. The lowest BCUT2D eigenvalue weighted by Crippen LogP contribution is -2.02. The monoisotopic (exact) mass is 208 g/mol. The molecule has 1 rings (SSSR count). The highest BCUT2D eigenvalue weighted by Crippen LogP contribution is 2.32. The number of anilines is 1. The summed E-state index contributed by atoms with van der Waals surface area (Å²) in [5.74, 6) is 0.722. The van der Waals surface area contributed by atoms with Gasteiger partial charge in [-0.2, -0.15) is 0 Å². The molecule has 0 spiro atoms. The summed E-state index contributed by atoms with van der Waals surface area (Å²) in [7, 11) is 2.98. The molecule has 0 saturated heterocycles. The van der Waals surface area contributed by atoms with E-state index in [2.05, 4.69) is 5.11 Å². The molecule has 0 bridgehead atoms. The van der Waals surface area contributed by atoms with Crippen LogP contribution in [-0.4, -0.2) is 20.1 Å². The number of nitrogens with one attached hydrogen (secondary N) is 2. The summed E-state index contributed by atoms with van der Waals surface area (Å²) < 4.78 is 10.1. The smallest absolute Gasteiger partial charge is 0.175 e. The summed E-state index contributed by atoms with van der Waals surface area (Å²) in [4.78, 5) is 0. The normalized spacial score (nSPS) is 9.47. The lowest BCUT2D eigenvalue weighted by atomic mass is 10.1. The Kier molecular flexibility index (Phi) is 3.22. The van der Waals surface area contributed by atoms with Gasteiger partial charge in [0.25, 0.3) is 0 Å². The highest BCUT2D eigenvalue weighted by atomic mass is 16.5. The van der Waals surface area contributed by atoms with Crippen LogP contribution in [0.4, 0.5) is 5.69 Å². The van der Waals surface area contributed by atoms with E-state index in [4.69, 9.17) is 26.1 Å². The number of hydrogen-bond acceptors (Lipinski definition) is 5. The zero-order valence-electron chi connectivity index (χ0n) is 8.50. The molecule has 0 saturated carbocycles. The summed E-state index contributed by atoms with van der Waals surface area (Å²) in [6.45, 7) is 0. The first-order valence-electron chi connectivity index (χ1n) is 4.12. The van der Waals surface area contributed by atoms with E-state index in [1.54, 1.807) is 0 Å². The van der Waals surface area contributed by atoms with E-state index in [0.29, 0.717) is 22.7 Å². The van der Waals surface area contributed by atoms with Crippen LogP contribution in [0.5, 0.6) is 11.5 Å². The molecule has 0 aliphatic heterocycles. The van der Waals surface area contributed by atoms with E-state index < -0.39 is 0 Å². The van der Waals surface area contributed by atoms with Gasteiger partial charge in [0.1, 0.15) is 0 Å². The van der Waals surface area contributed by atoms with Crippen molar-refractivity contribution < 1.29 is 9.47 Å². The molecule has 0 atom stereocenters. The fourth-order valence-corrected chi connectivity index (χ4v) is 1.16. The van der Waals surface area contributed by atoms with Crippen molar-refractivity contribution in [3.63, 3.8) is 0 Å². The van der Waals surface area contributed by atoms with Crippen LogP contribution in [0.1, 0.15) is 5.56 Å². The van der Waals surface area contributed by atoms with Crippen LogP contribution >= 0.6 is 0 Å². The van der Waals surface area contributed by atoms with Crippen molar-refractivity contribution in [2.75, 3.05) is 20.0 Å². The van der Waals surface area contributed by atoms with Gasteiger partial charge in [0.15, 0.2) is 17.3 Å². The Morgan fingerprint density at radius 3 is 2.27 bits per heavy atom. The zero-order chi connectivity index (χ0) is 11.4. The number of benzene rings is 1. The molecule has 0 amide bonds. The van der Waals surface area contributed by atoms with Crippen molar-refractivity contribution in [2.45, 2.75) is 0 Å². The number of amidine groups is 1. The van der Waals surface area contributed by atoms with Crippen molar-refractivity contribution in [1.29, 1.82) is 10.9 Å². The summed E-state index contributed by atoms with van der Waals surface area (Å²) in [5.41, 5.74) is 13.1. The molecule has 80 valence electrons. The van der Waals surface area contributed by atoms with Gasteiger partial charge in [-0.05, 0) is 6.07 Å². The molecular weight excluding hydrogens is 196 g/mol. The Morgan fingerprint density at radius 2 is 1.80 bits per heavy atom. The van der Waals surface area contributed by atoms with Crippen LogP contribution in [0.15, 0.2) is 17.2 Å². The van der Waals surface area contributed by atoms with E-state index in [-0.39, 0.29) is 5.84 Å². The van der Waals surface area contributed by atoms with Gasteiger partial charge in [-0.1, -0.05) is 0 Å². The number of nitrogens with two attached hydrogens (primary N) is 1. The van der Waals surface area contributed by atoms with Crippen LogP contribution in [0.25, 0.3) is 0 Å². The molecule has 4 N–H and O–H groups in total. The van der Waals surface area contributed by atoms with Crippen molar-refractivity contribution >= 4 is 11.5 Å². The minimum absolute atomic E-state index is 0.214. The molecule has 1 aromatic rings. The fourth-order valence-electron chi connectivity index (χ4n) is 1.16. The topological polar surface area (TPSA) is 105 Å². The largest absolute Gasteiger partial charge is 0.493 e. The summed E-state index contributed by atoms with van der Waals surface area (Å²) >= 11 is 0. The summed E-state index contributed by atoms with van der Waals surface area (Å²) in [6.07, 6.45) is 0. The molecule has 0 aliphatic carbocycles. The lowest BCUT2D eigenvalue weighted by Gasteiger charge is -2.10. The first kappa shape index (κ1) is 11.0. The number of methoxy groups -OCH3 is 2. The van der Waals surface area contributed by atoms with Gasteiger partial charge >= 0.3 is 0 Å². The van der Waals surface area contributed by atoms with Crippen molar-refractivity contribution in [1.82, 2.24) is 0 Å². The third-order valence-electron chi connectivity index (χ3n) is 1.92. The summed E-state index contributed by atoms with van der Waals surface area (Å²) in [6, 6.07) is 3.06.